The Labute approximate surface area is 131 Å². The molecule has 2 aromatic rings. The largest absolute Gasteiger partial charge is 0.545 e. The lowest BCUT2D eigenvalue weighted by atomic mass is 10.1. The molecule has 0 heterocycles. The first-order chi connectivity index (χ1) is 10.1. The summed E-state index contributed by atoms with van der Waals surface area (Å²) in [6.45, 7) is 2.03. The molecule has 0 unspecified atom stereocenters. The van der Waals surface area contributed by atoms with E-state index in [9.17, 15) is 9.90 Å². The van der Waals surface area contributed by atoms with Gasteiger partial charge in [-0.1, -0.05) is 47.1 Å². The van der Waals surface area contributed by atoms with Gasteiger partial charge in [-0.15, -0.1) is 0 Å². The lowest BCUT2D eigenvalue weighted by Crippen LogP contribution is -2.21. The number of rotatable bonds is 5. The third-order valence-corrected chi connectivity index (χ3v) is 3.48. The molecule has 0 bridgehead atoms. The fourth-order valence-electron chi connectivity index (χ4n) is 1.80. The minimum Gasteiger partial charge on any atom is -0.545 e. The minimum absolute atomic E-state index is 0.146. The number of benzene rings is 2. The van der Waals surface area contributed by atoms with Gasteiger partial charge < -0.3 is 9.90 Å². The molecule has 0 aliphatic carbocycles. The average molecular weight is 346 g/mol. The van der Waals surface area contributed by atoms with Gasteiger partial charge in [0.15, 0.2) is 0 Å². The van der Waals surface area contributed by atoms with Crippen molar-refractivity contribution in [1.29, 1.82) is 0 Å². The van der Waals surface area contributed by atoms with E-state index >= 15 is 0 Å². The third-order valence-electron chi connectivity index (χ3n) is 2.95. The zero-order valence-electron chi connectivity index (χ0n) is 11.5. The van der Waals surface area contributed by atoms with Crippen LogP contribution < -0.4 is 10.5 Å². The third kappa shape index (κ3) is 4.16. The van der Waals surface area contributed by atoms with E-state index in [1.165, 1.54) is 12.1 Å². The van der Waals surface area contributed by atoms with Gasteiger partial charge in [0.05, 0.1) is 17.4 Å². The van der Waals surface area contributed by atoms with Crippen LogP contribution in [0.4, 0.5) is 5.69 Å². The summed E-state index contributed by atoms with van der Waals surface area (Å²) in [5, 5.41) is 15.0. The predicted octanol–water partition coefficient (Wildman–Crippen LogP) is 3.04. The molecule has 5 heteroatoms. The quantitative estimate of drug-likeness (QED) is 0.669. The van der Waals surface area contributed by atoms with Gasteiger partial charge in [0.1, 0.15) is 0 Å². The van der Waals surface area contributed by atoms with E-state index in [1.54, 1.807) is 12.1 Å². The topological polar surface area (TPSA) is 64.5 Å². The Hall–Kier alpha value is -2.14. The van der Waals surface area contributed by atoms with E-state index in [1.807, 2.05) is 31.2 Å². The lowest BCUT2D eigenvalue weighted by Gasteiger charge is -2.07. The number of hydrazone groups is 1. The zero-order chi connectivity index (χ0) is 15.2. The number of anilines is 1. The second-order valence-corrected chi connectivity index (χ2v) is 5.31. The lowest BCUT2D eigenvalue weighted by molar-refractivity contribution is -0.255. The molecular weight excluding hydrogens is 332 g/mol. The van der Waals surface area contributed by atoms with E-state index < -0.39 is 5.97 Å². The van der Waals surface area contributed by atoms with Gasteiger partial charge in [-0.3, -0.25) is 5.43 Å². The van der Waals surface area contributed by atoms with Crippen LogP contribution in [0.5, 0.6) is 0 Å². The Morgan fingerprint density at radius 2 is 1.67 bits per heavy atom. The monoisotopic (exact) mass is 345 g/mol. The van der Waals surface area contributed by atoms with E-state index in [-0.39, 0.29) is 5.56 Å². The summed E-state index contributed by atoms with van der Waals surface area (Å²) < 4.78 is 1.02. The normalized spacial score (nSPS) is 11.2. The maximum Gasteiger partial charge on any atom is 0.0715 e. The molecule has 0 aliphatic rings. The SMILES string of the molecule is CC/C(=N/Nc1ccc(C(=O)[O-])cc1)c1ccc(Br)cc1. The molecule has 0 radical (unpaired) electrons. The number of hydrogen-bond donors (Lipinski definition) is 1. The highest BCUT2D eigenvalue weighted by atomic mass is 79.9. The van der Waals surface area contributed by atoms with E-state index in [4.69, 9.17) is 0 Å². The van der Waals surface area contributed by atoms with Gasteiger partial charge in [0.2, 0.25) is 0 Å². The Bertz CT molecular complexity index is 649. The van der Waals surface area contributed by atoms with Gasteiger partial charge in [0.25, 0.3) is 0 Å². The first-order valence-electron chi connectivity index (χ1n) is 6.50. The molecule has 0 atom stereocenters. The van der Waals surface area contributed by atoms with Gasteiger partial charge >= 0.3 is 0 Å². The fourth-order valence-corrected chi connectivity index (χ4v) is 2.07. The van der Waals surface area contributed by atoms with E-state index in [2.05, 4.69) is 26.5 Å². The summed E-state index contributed by atoms with van der Waals surface area (Å²) in [6.07, 6.45) is 0.783. The van der Waals surface area contributed by atoms with Crippen molar-refractivity contribution in [3.05, 3.63) is 64.1 Å². The Morgan fingerprint density at radius 1 is 1.10 bits per heavy atom. The summed E-state index contributed by atoms with van der Waals surface area (Å²) in [7, 11) is 0. The first-order valence-corrected chi connectivity index (χ1v) is 7.29. The van der Waals surface area contributed by atoms with Crippen molar-refractivity contribution in [2.75, 3.05) is 5.43 Å². The van der Waals surface area contributed by atoms with Crippen LogP contribution >= 0.6 is 15.9 Å². The van der Waals surface area contributed by atoms with Crippen molar-refractivity contribution in [2.24, 2.45) is 5.10 Å². The number of hydrogen-bond acceptors (Lipinski definition) is 4. The fraction of sp³-hybridized carbons (Fsp3) is 0.125. The van der Waals surface area contributed by atoms with Crippen molar-refractivity contribution in [2.45, 2.75) is 13.3 Å². The second-order valence-electron chi connectivity index (χ2n) is 4.40. The van der Waals surface area contributed by atoms with Crippen LogP contribution in [-0.4, -0.2) is 11.7 Å². The van der Waals surface area contributed by atoms with Gasteiger partial charge in [-0.25, -0.2) is 0 Å². The molecular formula is C16H14BrN2O2-. The molecule has 4 nitrogen and oxygen atoms in total. The number of nitrogens with zero attached hydrogens (tertiary/aromatic N) is 1. The molecule has 1 N–H and O–H groups in total. The molecule has 0 saturated heterocycles. The van der Waals surface area contributed by atoms with Crippen molar-refractivity contribution in [1.82, 2.24) is 0 Å². The molecule has 108 valence electrons. The number of halogens is 1. The van der Waals surface area contributed by atoms with Gasteiger partial charge in [-0.2, -0.15) is 5.10 Å². The van der Waals surface area contributed by atoms with Crippen molar-refractivity contribution in [3.63, 3.8) is 0 Å². The number of carbonyl (C=O) groups excluding carboxylic acids is 1. The first kappa shape index (κ1) is 15.3. The summed E-state index contributed by atoms with van der Waals surface area (Å²) in [5.41, 5.74) is 5.77. The molecule has 0 saturated carbocycles. The average Bonchev–Trinajstić information content (AvgIpc) is 2.50. The van der Waals surface area contributed by atoms with Crippen molar-refractivity contribution < 1.29 is 9.90 Å². The van der Waals surface area contributed by atoms with Gasteiger partial charge in [-0.05, 0) is 41.8 Å². The highest BCUT2D eigenvalue weighted by Crippen LogP contribution is 2.14. The molecule has 0 aromatic heterocycles. The molecule has 0 aliphatic heterocycles. The highest BCUT2D eigenvalue weighted by molar-refractivity contribution is 9.10. The number of nitrogens with one attached hydrogen (secondary N) is 1. The van der Waals surface area contributed by atoms with E-state index in [0.717, 1.165) is 27.9 Å². The highest BCUT2D eigenvalue weighted by Gasteiger charge is 2.01. The van der Waals surface area contributed by atoms with Gasteiger partial charge in [0, 0.05) is 4.47 Å². The van der Waals surface area contributed by atoms with Crippen LogP contribution in [0.25, 0.3) is 0 Å². The Kier molecular flexibility index (Phi) is 5.11. The Morgan fingerprint density at radius 3 is 2.19 bits per heavy atom. The van der Waals surface area contributed by atoms with Crippen LogP contribution in [0.2, 0.25) is 0 Å². The molecule has 21 heavy (non-hydrogen) atoms. The molecule has 2 rings (SSSR count). The van der Waals surface area contributed by atoms with Crippen molar-refractivity contribution >= 4 is 33.3 Å². The Balaban J connectivity index is 2.13. The predicted molar refractivity (Wildman–Crippen MR) is 85.4 cm³/mol. The van der Waals surface area contributed by atoms with E-state index in [0.29, 0.717) is 0 Å². The van der Waals surface area contributed by atoms with Crippen LogP contribution in [0, 0.1) is 0 Å². The maximum atomic E-state index is 10.7. The zero-order valence-corrected chi connectivity index (χ0v) is 13.1. The maximum absolute atomic E-state index is 10.7. The number of carboxylic acid groups (broad SMARTS) is 1. The summed E-state index contributed by atoms with van der Waals surface area (Å²) in [4.78, 5) is 10.7. The number of carboxylic acids is 1. The number of carbonyl (C=O) groups is 1. The smallest absolute Gasteiger partial charge is 0.0715 e. The molecule has 0 spiro atoms. The standard InChI is InChI=1S/C16H15BrN2O2/c1-2-15(11-3-7-13(17)8-4-11)19-18-14-9-5-12(6-10-14)16(20)21/h3-10,18H,2H2,1H3,(H,20,21)/p-1/b19-15-. The minimum atomic E-state index is -1.19. The number of aromatic carboxylic acids is 1. The van der Waals surface area contributed by atoms with Crippen LogP contribution in [-0.2, 0) is 0 Å². The summed E-state index contributed by atoms with van der Waals surface area (Å²) in [6, 6.07) is 14.2. The van der Waals surface area contributed by atoms with Crippen LogP contribution in [0.15, 0.2) is 58.1 Å². The van der Waals surface area contributed by atoms with Crippen LogP contribution in [0.1, 0.15) is 29.3 Å². The van der Waals surface area contributed by atoms with Crippen LogP contribution in [0.3, 0.4) is 0 Å². The van der Waals surface area contributed by atoms with Crippen molar-refractivity contribution in [3.8, 4) is 0 Å². The summed E-state index contributed by atoms with van der Waals surface area (Å²) >= 11 is 3.40. The molecule has 2 aromatic carbocycles. The molecule has 0 fully saturated rings. The second kappa shape index (κ2) is 7.04. The molecule has 0 amide bonds. The summed E-state index contributed by atoms with van der Waals surface area (Å²) in [5.74, 6) is -1.19.